The second-order valence-corrected chi connectivity index (χ2v) is 8.62. The van der Waals surface area contributed by atoms with Crippen LogP contribution in [0.4, 0.5) is 18.9 Å². The molecule has 1 N–H and O–H groups in total. The molecule has 0 bridgehead atoms. The van der Waals surface area contributed by atoms with Crippen molar-refractivity contribution in [2.45, 2.75) is 32.9 Å². The third-order valence-corrected chi connectivity index (χ3v) is 6.03. The molecule has 0 saturated heterocycles. The minimum Gasteiger partial charge on any atom is -0.356 e. The van der Waals surface area contributed by atoms with Crippen molar-refractivity contribution in [1.29, 1.82) is 0 Å². The molecule has 0 radical (unpaired) electrons. The molecule has 0 aliphatic heterocycles. The van der Waals surface area contributed by atoms with Gasteiger partial charge in [-0.15, -0.1) is 0 Å². The molecule has 7 heteroatoms. The minimum atomic E-state index is -4.43. The number of rotatable bonds is 6. The quantitative estimate of drug-likeness (QED) is 0.326. The van der Waals surface area contributed by atoms with Crippen molar-refractivity contribution >= 4 is 22.3 Å². The number of hydrogen-bond acceptors (Lipinski definition) is 3. The largest absolute Gasteiger partial charge is 0.416 e. The van der Waals surface area contributed by atoms with Crippen LogP contribution in [-0.4, -0.2) is 9.55 Å². The Bertz CT molecular complexity index is 1490. The fourth-order valence-corrected chi connectivity index (χ4v) is 4.11. The molecule has 0 aliphatic carbocycles. The Labute approximate surface area is 201 Å². The Hall–Kier alpha value is -3.87. The normalized spacial score (nSPS) is 11.6. The summed E-state index contributed by atoms with van der Waals surface area (Å²) in [6.07, 6.45) is -0.838. The molecule has 0 amide bonds. The van der Waals surface area contributed by atoms with Gasteiger partial charge in [0.05, 0.1) is 11.1 Å². The molecule has 2 aromatic carbocycles. The van der Waals surface area contributed by atoms with Crippen LogP contribution in [0.2, 0.25) is 0 Å². The highest BCUT2D eigenvalue weighted by atomic mass is 19.4. The second kappa shape index (κ2) is 9.41. The van der Waals surface area contributed by atoms with Crippen molar-refractivity contribution in [1.82, 2.24) is 9.55 Å². The van der Waals surface area contributed by atoms with Crippen LogP contribution in [0.3, 0.4) is 0 Å². The van der Waals surface area contributed by atoms with Gasteiger partial charge in [0, 0.05) is 41.3 Å². The van der Waals surface area contributed by atoms with Gasteiger partial charge in [-0.05, 0) is 66.4 Å². The first-order valence-corrected chi connectivity index (χ1v) is 11.3. The van der Waals surface area contributed by atoms with Crippen molar-refractivity contribution in [2.24, 2.45) is 7.05 Å². The van der Waals surface area contributed by atoms with Gasteiger partial charge in [0.2, 0.25) is 0 Å². The number of nitrogens with one attached hydrogen (secondary N) is 1. The number of halogens is 3. The lowest BCUT2D eigenvalue weighted by Crippen LogP contribution is -2.19. The second-order valence-electron chi connectivity index (χ2n) is 8.62. The summed E-state index contributed by atoms with van der Waals surface area (Å²) in [4.78, 5) is 17.8. The number of pyridine rings is 2. The van der Waals surface area contributed by atoms with Crippen LogP contribution in [0.15, 0.2) is 72.2 Å². The number of fused-ring (bicyclic) bond motifs is 1. The van der Waals surface area contributed by atoms with Crippen molar-refractivity contribution in [3.05, 3.63) is 100 Å². The maximum Gasteiger partial charge on any atom is 0.416 e. The zero-order valence-corrected chi connectivity index (χ0v) is 19.8. The number of hydrogen-bond donors (Lipinski definition) is 1. The Morgan fingerprint density at radius 2 is 1.86 bits per heavy atom. The van der Waals surface area contributed by atoms with Crippen LogP contribution in [0.1, 0.15) is 35.7 Å². The Kier molecular flexibility index (Phi) is 6.52. The monoisotopic (exact) mass is 477 g/mol. The summed E-state index contributed by atoms with van der Waals surface area (Å²) in [5.41, 5.74) is 4.31. The highest BCUT2D eigenvalue weighted by Crippen LogP contribution is 2.32. The third-order valence-electron chi connectivity index (χ3n) is 6.03. The topological polar surface area (TPSA) is 46.9 Å². The van der Waals surface area contributed by atoms with Crippen molar-refractivity contribution in [2.75, 3.05) is 5.32 Å². The minimum absolute atomic E-state index is 0.136. The molecular formula is C28H26F3N3O. The fraction of sp³-hybridized carbons (Fsp3) is 0.214. The number of aromatic nitrogens is 2. The van der Waals surface area contributed by atoms with Gasteiger partial charge >= 0.3 is 6.18 Å². The summed E-state index contributed by atoms with van der Waals surface area (Å²) in [5.74, 6) is 0. The predicted molar refractivity (Wildman–Crippen MR) is 135 cm³/mol. The summed E-state index contributed by atoms with van der Waals surface area (Å²) in [7, 11) is 1.75. The fourth-order valence-electron chi connectivity index (χ4n) is 4.11. The van der Waals surface area contributed by atoms with Crippen LogP contribution in [0, 0.1) is 6.92 Å². The molecule has 0 unspecified atom stereocenters. The smallest absolute Gasteiger partial charge is 0.356 e. The van der Waals surface area contributed by atoms with Gasteiger partial charge in [-0.1, -0.05) is 38.1 Å². The molecule has 35 heavy (non-hydrogen) atoms. The Morgan fingerprint density at radius 3 is 2.57 bits per heavy atom. The van der Waals surface area contributed by atoms with E-state index in [0.717, 1.165) is 52.7 Å². The molecule has 2 heterocycles. The molecule has 4 aromatic rings. The highest BCUT2D eigenvalue weighted by molar-refractivity contribution is 5.86. The lowest BCUT2D eigenvalue weighted by molar-refractivity contribution is -0.137. The average Bonchev–Trinajstić information content (AvgIpc) is 2.83. The van der Waals surface area contributed by atoms with Gasteiger partial charge in [-0.25, -0.2) is 0 Å². The van der Waals surface area contributed by atoms with Gasteiger partial charge in [-0.2, -0.15) is 13.2 Å². The predicted octanol–water partition coefficient (Wildman–Crippen LogP) is 6.96. The lowest BCUT2D eigenvalue weighted by Gasteiger charge is -2.15. The van der Waals surface area contributed by atoms with Gasteiger partial charge in [0.15, 0.2) is 0 Å². The molecule has 0 atom stereocenters. The van der Waals surface area contributed by atoms with E-state index < -0.39 is 11.7 Å². The lowest BCUT2D eigenvalue weighted by atomic mass is 9.99. The van der Waals surface area contributed by atoms with E-state index in [1.165, 1.54) is 6.07 Å². The molecule has 4 nitrogen and oxygen atoms in total. The van der Waals surface area contributed by atoms with Crippen molar-refractivity contribution < 1.29 is 13.2 Å². The highest BCUT2D eigenvalue weighted by Gasteiger charge is 2.30. The van der Waals surface area contributed by atoms with Crippen molar-refractivity contribution in [3.8, 4) is 11.1 Å². The number of aryl methyl sites for hydroxylation is 3. The first-order chi connectivity index (χ1) is 16.6. The van der Waals surface area contributed by atoms with Gasteiger partial charge < -0.3 is 9.88 Å². The van der Waals surface area contributed by atoms with E-state index in [-0.39, 0.29) is 5.56 Å². The Balaban J connectivity index is 1.71. The Morgan fingerprint density at radius 1 is 1.09 bits per heavy atom. The van der Waals surface area contributed by atoms with Crippen LogP contribution in [0.25, 0.3) is 27.7 Å². The third kappa shape index (κ3) is 4.99. The van der Waals surface area contributed by atoms with Crippen LogP contribution in [0.5, 0.6) is 0 Å². The van der Waals surface area contributed by atoms with Gasteiger partial charge in [0.25, 0.3) is 5.56 Å². The van der Waals surface area contributed by atoms with Crippen molar-refractivity contribution in [3.63, 3.8) is 0 Å². The summed E-state index contributed by atoms with van der Waals surface area (Å²) >= 11 is 0. The van der Waals surface area contributed by atoms with E-state index in [1.54, 1.807) is 23.9 Å². The van der Waals surface area contributed by atoms with Crippen LogP contribution in [-0.2, 0) is 19.6 Å². The summed E-state index contributed by atoms with van der Waals surface area (Å²) in [6, 6.07) is 14.3. The summed E-state index contributed by atoms with van der Waals surface area (Å²) in [5, 5.41) is 3.94. The molecule has 180 valence electrons. The van der Waals surface area contributed by atoms with E-state index >= 15 is 0 Å². The number of alkyl halides is 3. The SMILES string of the molecule is C=C(Nc1ccc(C)c(-c2cc3cnc(CCC)cc3n(C)c2=O)c1)c1cccc(C(F)(F)F)c1. The van der Waals surface area contributed by atoms with E-state index in [2.05, 4.69) is 23.8 Å². The maximum atomic E-state index is 13.3. The van der Waals surface area contributed by atoms with Crippen LogP contribution >= 0.6 is 0 Å². The number of nitrogens with zero attached hydrogens (tertiary/aromatic N) is 2. The molecule has 4 rings (SSSR count). The summed E-state index contributed by atoms with van der Waals surface area (Å²) in [6.45, 7) is 7.90. The molecule has 0 fully saturated rings. The maximum absolute atomic E-state index is 13.3. The van der Waals surface area contributed by atoms with E-state index in [1.807, 2.05) is 37.3 Å². The summed E-state index contributed by atoms with van der Waals surface area (Å²) < 4.78 is 40.9. The average molecular weight is 478 g/mol. The van der Waals surface area contributed by atoms with E-state index in [4.69, 9.17) is 0 Å². The van der Waals surface area contributed by atoms with E-state index in [0.29, 0.717) is 22.5 Å². The molecule has 0 aliphatic rings. The van der Waals surface area contributed by atoms with Gasteiger partial charge in [-0.3, -0.25) is 9.78 Å². The first-order valence-electron chi connectivity index (χ1n) is 11.3. The van der Waals surface area contributed by atoms with Crippen LogP contribution < -0.4 is 10.9 Å². The molecule has 0 spiro atoms. The molecular weight excluding hydrogens is 451 g/mol. The first kappa shape index (κ1) is 24.3. The standard InChI is InChI=1S/C28H26F3N3O/c1-5-7-22-15-26-20(16-32-22)13-25(27(35)34(26)4)24-14-23(11-10-17(24)2)33-18(3)19-8-6-9-21(12-19)28(29,30)31/h6,8-16,33H,3,5,7H2,1-2,4H3. The van der Waals surface area contributed by atoms with E-state index in [9.17, 15) is 18.0 Å². The zero-order valence-electron chi connectivity index (χ0n) is 19.8. The molecule has 2 aromatic heterocycles. The zero-order chi connectivity index (χ0) is 25.3. The number of benzene rings is 2. The number of anilines is 1. The molecule has 0 saturated carbocycles. The van der Waals surface area contributed by atoms with Gasteiger partial charge in [0.1, 0.15) is 0 Å².